The zero-order chi connectivity index (χ0) is 17.9. The minimum absolute atomic E-state index is 0.105. The zero-order valence-electron chi connectivity index (χ0n) is 14.6. The number of ether oxygens (including phenoxy) is 1. The second-order valence-electron chi connectivity index (χ2n) is 6.47. The molecule has 1 saturated carbocycles. The van der Waals surface area contributed by atoms with Crippen molar-refractivity contribution in [2.24, 2.45) is 5.92 Å². The van der Waals surface area contributed by atoms with Crippen LogP contribution in [-0.2, 0) is 11.4 Å². The van der Waals surface area contributed by atoms with Crippen LogP contribution in [0.5, 0.6) is 5.75 Å². The van der Waals surface area contributed by atoms with Crippen LogP contribution in [0.15, 0.2) is 54.6 Å². The first-order valence-corrected chi connectivity index (χ1v) is 9.56. The highest BCUT2D eigenvalue weighted by atomic mass is 32.1. The Morgan fingerprint density at radius 1 is 1.19 bits per heavy atom. The largest absolute Gasteiger partial charge is 0.488 e. The molecule has 3 aromatic rings. The van der Waals surface area contributed by atoms with Gasteiger partial charge in [-0.1, -0.05) is 36.4 Å². The summed E-state index contributed by atoms with van der Waals surface area (Å²) in [6.07, 6.45) is 1.99. The summed E-state index contributed by atoms with van der Waals surface area (Å²) in [7, 11) is 0. The number of hydrogen-bond donors (Lipinski definition) is 1. The van der Waals surface area contributed by atoms with Gasteiger partial charge in [0.05, 0.1) is 10.6 Å². The number of nitrogens with zero attached hydrogens (tertiary/aromatic N) is 1. The van der Waals surface area contributed by atoms with Crippen molar-refractivity contribution < 1.29 is 9.53 Å². The number of benzene rings is 2. The lowest BCUT2D eigenvalue weighted by Gasteiger charge is -2.08. The molecule has 4 nitrogen and oxygen atoms in total. The van der Waals surface area contributed by atoms with Crippen molar-refractivity contribution in [1.29, 1.82) is 0 Å². The van der Waals surface area contributed by atoms with Crippen molar-refractivity contribution >= 4 is 22.9 Å². The quantitative estimate of drug-likeness (QED) is 0.666. The monoisotopic (exact) mass is 364 g/mol. The van der Waals surface area contributed by atoms with E-state index in [4.69, 9.17) is 4.74 Å². The Morgan fingerprint density at radius 3 is 2.77 bits per heavy atom. The molecular weight excluding hydrogens is 344 g/mol. The van der Waals surface area contributed by atoms with E-state index in [9.17, 15) is 4.79 Å². The fourth-order valence-electron chi connectivity index (χ4n) is 2.67. The molecule has 1 aliphatic rings. The van der Waals surface area contributed by atoms with Gasteiger partial charge >= 0.3 is 0 Å². The number of nitrogens with one attached hydrogen (secondary N) is 1. The fourth-order valence-corrected chi connectivity index (χ4v) is 3.65. The van der Waals surface area contributed by atoms with Crippen molar-refractivity contribution in [3.8, 4) is 16.3 Å². The molecule has 1 amide bonds. The Morgan fingerprint density at radius 2 is 2.00 bits per heavy atom. The molecule has 2 aromatic carbocycles. The topological polar surface area (TPSA) is 51.2 Å². The number of anilines is 1. The highest BCUT2D eigenvalue weighted by molar-refractivity contribution is 7.15. The van der Waals surface area contributed by atoms with Crippen LogP contribution in [0.25, 0.3) is 10.6 Å². The third kappa shape index (κ3) is 3.94. The Labute approximate surface area is 156 Å². The van der Waals surface area contributed by atoms with Crippen LogP contribution in [0.4, 0.5) is 5.69 Å². The molecule has 0 saturated heterocycles. The van der Waals surface area contributed by atoms with Crippen LogP contribution in [0.3, 0.4) is 0 Å². The second-order valence-corrected chi connectivity index (χ2v) is 7.56. The summed E-state index contributed by atoms with van der Waals surface area (Å²) in [6.45, 7) is 2.48. The molecule has 4 rings (SSSR count). The van der Waals surface area contributed by atoms with Crippen LogP contribution >= 0.6 is 11.3 Å². The zero-order valence-corrected chi connectivity index (χ0v) is 15.4. The van der Waals surface area contributed by atoms with E-state index in [2.05, 4.69) is 22.4 Å². The van der Waals surface area contributed by atoms with E-state index in [1.165, 1.54) is 0 Å². The number of thiazole rings is 1. The Hall–Kier alpha value is -2.66. The van der Waals surface area contributed by atoms with Gasteiger partial charge in [-0.3, -0.25) is 4.79 Å². The smallest absolute Gasteiger partial charge is 0.227 e. The van der Waals surface area contributed by atoms with Gasteiger partial charge < -0.3 is 10.1 Å². The maximum atomic E-state index is 11.9. The van der Waals surface area contributed by atoms with Crippen LogP contribution in [0.2, 0.25) is 0 Å². The summed E-state index contributed by atoms with van der Waals surface area (Å²) in [4.78, 5) is 17.7. The van der Waals surface area contributed by atoms with Crippen molar-refractivity contribution in [3.63, 3.8) is 0 Å². The maximum Gasteiger partial charge on any atom is 0.227 e. The molecule has 1 fully saturated rings. The first-order chi connectivity index (χ1) is 12.7. The van der Waals surface area contributed by atoms with Gasteiger partial charge in [-0.25, -0.2) is 4.98 Å². The number of amides is 1. The van der Waals surface area contributed by atoms with Gasteiger partial charge in [0.2, 0.25) is 5.91 Å². The van der Waals surface area contributed by atoms with Crippen LogP contribution in [0, 0.1) is 12.8 Å². The minimum Gasteiger partial charge on any atom is -0.488 e. The molecule has 132 valence electrons. The summed E-state index contributed by atoms with van der Waals surface area (Å²) in [5, 5.41) is 3.96. The summed E-state index contributed by atoms with van der Waals surface area (Å²) >= 11 is 1.65. The van der Waals surface area contributed by atoms with Crippen molar-refractivity contribution in [2.75, 3.05) is 5.32 Å². The molecule has 0 radical (unpaired) electrons. The summed E-state index contributed by atoms with van der Waals surface area (Å²) in [5.74, 6) is 1.04. The third-order valence-corrected chi connectivity index (χ3v) is 5.51. The molecule has 0 spiro atoms. The van der Waals surface area contributed by atoms with E-state index in [1.54, 1.807) is 11.3 Å². The van der Waals surface area contributed by atoms with Gasteiger partial charge in [0.1, 0.15) is 17.4 Å². The van der Waals surface area contributed by atoms with Crippen molar-refractivity contribution in [1.82, 2.24) is 4.98 Å². The van der Waals surface area contributed by atoms with Crippen molar-refractivity contribution in [3.05, 3.63) is 65.2 Å². The molecule has 0 atom stereocenters. The molecule has 0 bridgehead atoms. The average molecular weight is 364 g/mol. The van der Waals surface area contributed by atoms with E-state index in [-0.39, 0.29) is 11.8 Å². The van der Waals surface area contributed by atoms with Gasteiger partial charge in [-0.2, -0.15) is 0 Å². The fraction of sp³-hybridized carbons (Fsp3) is 0.238. The van der Waals surface area contributed by atoms with Gasteiger partial charge in [0.25, 0.3) is 0 Å². The lowest BCUT2D eigenvalue weighted by atomic mass is 10.2. The number of carbonyl (C=O) groups is 1. The molecule has 5 heteroatoms. The third-order valence-electron chi connectivity index (χ3n) is 4.33. The Kier molecular flexibility index (Phi) is 4.71. The predicted octanol–water partition coefficient (Wildman–Crippen LogP) is 5.05. The van der Waals surface area contributed by atoms with E-state index in [0.717, 1.165) is 45.4 Å². The maximum absolute atomic E-state index is 11.9. The molecular formula is C21H20N2O2S. The van der Waals surface area contributed by atoms with E-state index >= 15 is 0 Å². The van der Waals surface area contributed by atoms with Gasteiger partial charge in [-0.05, 0) is 31.9 Å². The van der Waals surface area contributed by atoms with Crippen molar-refractivity contribution in [2.45, 2.75) is 26.4 Å². The molecule has 0 aliphatic heterocycles. The van der Waals surface area contributed by atoms with Crippen LogP contribution < -0.4 is 10.1 Å². The molecule has 1 heterocycles. The summed E-state index contributed by atoms with van der Waals surface area (Å²) in [6, 6.07) is 17.7. The number of aryl methyl sites for hydroxylation is 1. The standard InChI is InChI=1S/C21H20N2O2S/c1-14-19(26-21(22-14)16-6-3-2-4-7-16)13-25-18-9-5-8-17(12-18)23-20(24)15-10-11-15/h2-9,12,15H,10-11,13H2,1H3,(H,23,24). The predicted molar refractivity (Wildman–Crippen MR) is 104 cm³/mol. The number of hydrogen-bond acceptors (Lipinski definition) is 4. The summed E-state index contributed by atoms with van der Waals surface area (Å²) in [5.41, 5.74) is 2.90. The van der Waals surface area contributed by atoms with E-state index in [1.807, 2.05) is 49.4 Å². The highest BCUT2D eigenvalue weighted by Crippen LogP contribution is 2.31. The molecule has 0 unspecified atom stereocenters. The van der Waals surface area contributed by atoms with Gasteiger partial charge in [0, 0.05) is 23.2 Å². The van der Waals surface area contributed by atoms with Crippen LogP contribution in [0.1, 0.15) is 23.4 Å². The first-order valence-electron chi connectivity index (χ1n) is 8.74. The number of rotatable bonds is 6. The molecule has 26 heavy (non-hydrogen) atoms. The van der Waals surface area contributed by atoms with Crippen LogP contribution in [-0.4, -0.2) is 10.9 Å². The van der Waals surface area contributed by atoms with Gasteiger partial charge in [-0.15, -0.1) is 11.3 Å². The average Bonchev–Trinajstić information content (AvgIpc) is 3.45. The van der Waals surface area contributed by atoms with Gasteiger partial charge in [0.15, 0.2) is 0 Å². The lowest BCUT2D eigenvalue weighted by Crippen LogP contribution is -2.13. The lowest BCUT2D eigenvalue weighted by molar-refractivity contribution is -0.117. The summed E-state index contributed by atoms with van der Waals surface area (Å²) < 4.78 is 5.94. The number of carbonyl (C=O) groups excluding carboxylic acids is 1. The second kappa shape index (κ2) is 7.30. The highest BCUT2D eigenvalue weighted by Gasteiger charge is 2.29. The Balaban J connectivity index is 1.42. The van der Waals surface area contributed by atoms with E-state index in [0.29, 0.717) is 6.61 Å². The first kappa shape index (κ1) is 16.8. The Bertz CT molecular complexity index is 917. The normalized spacial score (nSPS) is 13.4. The SMILES string of the molecule is Cc1nc(-c2ccccc2)sc1COc1cccc(NC(=O)C2CC2)c1. The minimum atomic E-state index is 0.105. The molecule has 1 N–H and O–H groups in total. The molecule has 1 aromatic heterocycles. The number of aromatic nitrogens is 1. The van der Waals surface area contributed by atoms with E-state index < -0.39 is 0 Å². The molecule has 1 aliphatic carbocycles.